The van der Waals surface area contributed by atoms with Gasteiger partial charge in [0, 0.05) is 61.0 Å². The lowest BCUT2D eigenvalue weighted by atomic mass is 10.3. The summed E-state index contributed by atoms with van der Waals surface area (Å²) in [6.45, 7) is 0.588. The third-order valence-corrected chi connectivity index (χ3v) is 4.53. The molecule has 0 aliphatic heterocycles. The number of carbonyl (C=O) groups excluding carboxylic acids is 8. The highest BCUT2D eigenvalue weighted by Gasteiger charge is 2.06. The van der Waals surface area contributed by atoms with Crippen molar-refractivity contribution in [3.63, 3.8) is 0 Å². The third-order valence-electron chi connectivity index (χ3n) is 4.53. The molecule has 0 spiro atoms. The average molecular weight is 745 g/mol. The Morgan fingerprint density at radius 3 is 1.41 bits per heavy atom. The molecule has 0 atom stereocenters. The quantitative estimate of drug-likeness (QED) is 0.0284. The van der Waals surface area contributed by atoms with Gasteiger partial charge in [0.05, 0.1) is 47.5 Å². The van der Waals surface area contributed by atoms with Crippen LogP contribution in [0, 0.1) is 0 Å². The van der Waals surface area contributed by atoms with Crippen LogP contribution in [0.1, 0.15) is 38.5 Å². The van der Waals surface area contributed by atoms with E-state index in [1.165, 1.54) is 62.9 Å². The number of oxime groups is 1. The van der Waals surface area contributed by atoms with Gasteiger partial charge < -0.3 is 41.0 Å². The van der Waals surface area contributed by atoms with Crippen molar-refractivity contribution in [3.05, 3.63) is 0 Å². The largest absolute Gasteiger partial charge is 0.448 e. The fourth-order valence-electron chi connectivity index (χ4n) is 2.06. The Hall–Kier alpha value is -5.17. The van der Waals surface area contributed by atoms with Crippen LogP contribution in [0.15, 0.2) is 5.16 Å². The molecule has 0 aromatic heterocycles. The second-order valence-electron chi connectivity index (χ2n) is 8.22. The highest BCUT2D eigenvalue weighted by atomic mass is 16.7. The van der Waals surface area contributed by atoms with Gasteiger partial charge in [-0.3, -0.25) is 48.1 Å². The minimum Gasteiger partial charge on any atom is -0.448 e. The summed E-state index contributed by atoms with van der Waals surface area (Å²) in [7, 11) is 14.6. The van der Waals surface area contributed by atoms with Crippen LogP contribution in [0.3, 0.4) is 0 Å². The number of nitrogens with one attached hydrogen (secondary N) is 9. The fourth-order valence-corrected chi connectivity index (χ4v) is 2.06. The molecular formula is C27H56N10O14. The Bertz CT molecular complexity index is 988. The maximum Gasteiger partial charge on any atom is 0.431 e. The van der Waals surface area contributed by atoms with Crippen molar-refractivity contribution in [2.75, 3.05) is 83.9 Å². The number of ether oxygens (including phenoxy) is 1. The molecule has 8 amide bonds. The highest BCUT2D eigenvalue weighted by Crippen LogP contribution is 1.87. The summed E-state index contributed by atoms with van der Waals surface area (Å²) < 4.78 is 4.52. The summed E-state index contributed by atoms with van der Waals surface area (Å²) >= 11 is 0. The Kier molecular flexibility index (Phi) is 48.6. The molecule has 0 saturated carbocycles. The van der Waals surface area contributed by atoms with Crippen molar-refractivity contribution in [1.82, 2.24) is 48.5 Å². The zero-order valence-corrected chi connectivity index (χ0v) is 30.9. The lowest BCUT2D eigenvalue weighted by Gasteiger charge is -2.03. The Morgan fingerprint density at radius 1 is 0.510 bits per heavy atom. The van der Waals surface area contributed by atoms with E-state index in [9.17, 15) is 38.4 Å². The summed E-state index contributed by atoms with van der Waals surface area (Å²) in [5.74, 6) is -1.49. The number of hydrogen-bond acceptors (Lipinski definition) is 16. The van der Waals surface area contributed by atoms with E-state index in [1.54, 1.807) is 14.1 Å². The summed E-state index contributed by atoms with van der Waals surface area (Å²) in [4.78, 5) is 106. The maximum absolute atomic E-state index is 10.6. The average Bonchev–Trinajstić information content (AvgIpc) is 3.11. The Balaban J connectivity index is -0.000000174. The monoisotopic (exact) mass is 744 g/mol. The van der Waals surface area contributed by atoms with Gasteiger partial charge in [-0.2, -0.15) is 5.48 Å². The lowest BCUT2D eigenvalue weighted by Crippen LogP contribution is -2.29. The fraction of sp³-hybridized carbons (Fsp3) is 0.667. The van der Waals surface area contributed by atoms with Gasteiger partial charge in [-0.1, -0.05) is 5.16 Å². The summed E-state index contributed by atoms with van der Waals surface area (Å²) in [6, 6.07) is 0. The molecule has 51 heavy (non-hydrogen) atoms. The third kappa shape index (κ3) is 54.5. The van der Waals surface area contributed by atoms with E-state index in [0.29, 0.717) is 13.0 Å². The molecule has 0 heterocycles. The molecule has 0 fully saturated rings. The smallest absolute Gasteiger partial charge is 0.431 e. The van der Waals surface area contributed by atoms with E-state index in [1.807, 2.05) is 11.0 Å². The molecule has 0 rings (SSSR count). The second-order valence-corrected chi connectivity index (χ2v) is 8.22. The van der Waals surface area contributed by atoms with E-state index >= 15 is 0 Å². The number of carbonyl (C=O) groups is 8. The number of amides is 8. The van der Waals surface area contributed by atoms with Crippen LogP contribution in [0.5, 0.6) is 0 Å². The highest BCUT2D eigenvalue weighted by molar-refractivity contribution is 5.96. The first-order chi connectivity index (χ1) is 24.2. The predicted octanol–water partition coefficient (Wildman–Crippen LogP) is -3.57. The van der Waals surface area contributed by atoms with E-state index in [-0.39, 0.29) is 74.2 Å². The maximum atomic E-state index is 10.6. The van der Waals surface area contributed by atoms with Crippen LogP contribution < -0.4 is 48.5 Å². The van der Waals surface area contributed by atoms with Gasteiger partial charge in [-0.25, -0.2) is 21.2 Å². The summed E-state index contributed by atoms with van der Waals surface area (Å²) in [5.41, 5.74) is 8.61. The van der Waals surface area contributed by atoms with Gasteiger partial charge in [0.2, 0.25) is 35.4 Å². The van der Waals surface area contributed by atoms with Crippen LogP contribution in [0.25, 0.3) is 0 Å². The molecule has 24 heteroatoms. The number of rotatable bonds is 18. The molecule has 0 radical (unpaired) electrons. The second kappa shape index (κ2) is 44.8. The van der Waals surface area contributed by atoms with Crippen molar-refractivity contribution in [2.45, 2.75) is 38.5 Å². The van der Waals surface area contributed by atoms with E-state index < -0.39 is 12.0 Å². The number of nitrogens with zero attached hydrogens (tertiary/aromatic N) is 1. The van der Waals surface area contributed by atoms with Crippen LogP contribution in [-0.4, -0.2) is 138 Å². The standard InChI is InChI=1S/C6H12N2O4.C6H12N2O3.C5H10N2O3.C5H12N2O2.C5H10N2O2/c1-7-5(9)3-4-12-6(10)8-11-2;1-7-5(9)3-4-6(10)8-11-2;1-6-4(8)3-5(9)7-10-2;2*1-6-5(8)3-4-7-9-2/h3-4H2,1-2H3,(H,7,9)(H,8,10);3-4H2,1-2H3,(H,7,9)(H,8,10);3H2,1-2H3,(H,6,8)(H,7,9);7H,3-4H2,1-2H3,(H,6,8);4H,3H2,1-2H3,(H,6,8)/b;;;;7-4+. The SMILES string of the molecule is CNC(=O)C/C=N/OC.CNC(=O)CC(=O)NOC.CNC(=O)CCC(=O)NOC.CNC(=O)CCNOC.CNC(=O)CCOC(=O)NOC. The van der Waals surface area contributed by atoms with Crippen LogP contribution in [-0.2, 0) is 62.5 Å². The van der Waals surface area contributed by atoms with E-state index in [2.05, 4.69) is 71.6 Å². The number of hydrogen-bond donors (Lipinski definition) is 9. The Morgan fingerprint density at radius 2 is 0.961 bits per heavy atom. The molecule has 0 aromatic rings. The molecule has 0 bridgehead atoms. The van der Waals surface area contributed by atoms with Crippen molar-refractivity contribution in [2.24, 2.45) is 5.16 Å². The minimum atomic E-state index is -0.707. The van der Waals surface area contributed by atoms with Gasteiger partial charge in [0.25, 0.3) is 5.91 Å². The molecule has 0 aromatic carbocycles. The Labute approximate surface area is 297 Å². The van der Waals surface area contributed by atoms with Crippen LogP contribution >= 0.6 is 0 Å². The zero-order valence-electron chi connectivity index (χ0n) is 30.9. The van der Waals surface area contributed by atoms with Crippen molar-refractivity contribution < 1.29 is 67.3 Å². The molecule has 0 aliphatic rings. The molecule has 0 saturated heterocycles. The van der Waals surface area contributed by atoms with Gasteiger partial charge in [-0.05, 0) is 0 Å². The van der Waals surface area contributed by atoms with Crippen molar-refractivity contribution in [3.8, 4) is 0 Å². The first-order valence-corrected chi connectivity index (χ1v) is 14.7. The summed E-state index contributed by atoms with van der Waals surface area (Å²) in [5, 5.41) is 15.4. The van der Waals surface area contributed by atoms with Crippen molar-refractivity contribution in [1.29, 1.82) is 0 Å². The van der Waals surface area contributed by atoms with Gasteiger partial charge >= 0.3 is 6.09 Å². The minimum absolute atomic E-state index is 0.0135. The molecule has 9 N–H and O–H groups in total. The van der Waals surface area contributed by atoms with Crippen molar-refractivity contribution >= 4 is 53.7 Å². The molecule has 0 unspecified atom stereocenters. The zero-order chi connectivity index (χ0) is 40.3. The van der Waals surface area contributed by atoms with Gasteiger partial charge in [0.15, 0.2) is 0 Å². The first-order valence-electron chi connectivity index (χ1n) is 14.7. The van der Waals surface area contributed by atoms with Crippen LogP contribution in [0.2, 0.25) is 0 Å². The molecule has 24 nitrogen and oxygen atoms in total. The molecule has 0 aliphatic carbocycles. The number of hydroxylamine groups is 4. The first kappa shape index (κ1) is 55.2. The lowest BCUT2D eigenvalue weighted by molar-refractivity contribution is -0.136. The van der Waals surface area contributed by atoms with Crippen LogP contribution in [0.4, 0.5) is 4.79 Å². The predicted molar refractivity (Wildman–Crippen MR) is 180 cm³/mol. The normalized spacial score (nSPS) is 8.98. The van der Waals surface area contributed by atoms with E-state index in [0.717, 1.165) is 0 Å². The van der Waals surface area contributed by atoms with E-state index in [4.69, 9.17) is 0 Å². The summed E-state index contributed by atoms with van der Waals surface area (Å²) in [6.07, 6.45) is 1.69. The van der Waals surface area contributed by atoms with Gasteiger partial charge in [-0.15, -0.1) is 0 Å². The topological polar surface area (TPSA) is 313 Å². The molecule has 298 valence electrons. The van der Waals surface area contributed by atoms with Gasteiger partial charge in [0.1, 0.15) is 20.1 Å². The molecular weight excluding hydrogens is 688 g/mol.